The number of methoxy groups -OCH3 is 3. The lowest BCUT2D eigenvalue weighted by Gasteiger charge is -2.37. The van der Waals surface area contributed by atoms with E-state index < -0.39 is 5.97 Å². The molecule has 0 aliphatic heterocycles. The van der Waals surface area contributed by atoms with Gasteiger partial charge in [-0.1, -0.05) is 203 Å². The molecule has 0 aliphatic carbocycles. The molecular formula is C47H97NO3. The molecule has 0 saturated carbocycles. The van der Waals surface area contributed by atoms with Gasteiger partial charge in [-0.25, -0.2) is 0 Å². The Morgan fingerprint density at radius 1 is 0.373 bits per heavy atom. The Bertz CT molecular complexity index is 652. The molecule has 0 aromatic carbocycles. The molecule has 4 nitrogen and oxygen atoms in total. The van der Waals surface area contributed by atoms with Crippen LogP contribution in [0.1, 0.15) is 241 Å². The van der Waals surface area contributed by atoms with Crippen LogP contribution >= 0.6 is 0 Å². The number of hydrogen-bond acceptors (Lipinski definition) is 4. The van der Waals surface area contributed by atoms with E-state index in [1.54, 1.807) is 21.3 Å². The summed E-state index contributed by atoms with van der Waals surface area (Å²) in [4.78, 5) is 2.78. The first kappa shape index (κ1) is 50.8. The number of hydrogen-bond donors (Lipinski definition) is 0. The first-order chi connectivity index (χ1) is 24.8. The third kappa shape index (κ3) is 22.1. The van der Waals surface area contributed by atoms with Crippen molar-refractivity contribution in [1.29, 1.82) is 0 Å². The molecule has 0 aromatic heterocycles. The van der Waals surface area contributed by atoms with Gasteiger partial charge in [0, 0.05) is 27.2 Å². The van der Waals surface area contributed by atoms with Gasteiger partial charge in [0.05, 0.1) is 0 Å². The summed E-state index contributed by atoms with van der Waals surface area (Å²) in [5, 5.41) is 0. The fourth-order valence-electron chi connectivity index (χ4n) is 9.09. The van der Waals surface area contributed by atoms with Crippen molar-refractivity contribution in [3.8, 4) is 0 Å². The maximum absolute atomic E-state index is 5.95. The molecule has 51 heavy (non-hydrogen) atoms. The average Bonchev–Trinajstić information content (AvgIpc) is 3.17. The van der Waals surface area contributed by atoms with Gasteiger partial charge in [0.15, 0.2) is 0 Å². The van der Waals surface area contributed by atoms with Gasteiger partial charge < -0.3 is 19.1 Å². The molecule has 0 bridgehead atoms. The second-order valence-electron chi connectivity index (χ2n) is 16.7. The average molecular weight is 724 g/mol. The van der Waals surface area contributed by atoms with Crippen molar-refractivity contribution in [2.75, 3.05) is 41.0 Å². The summed E-state index contributed by atoms with van der Waals surface area (Å²) >= 11 is 0. The van der Waals surface area contributed by atoms with Gasteiger partial charge in [-0.3, -0.25) is 0 Å². The molecule has 0 aliphatic rings. The largest absolute Gasteiger partial charge is 0.331 e. The Morgan fingerprint density at radius 2 is 0.706 bits per heavy atom. The predicted octanol–water partition coefficient (Wildman–Crippen LogP) is 15.3. The van der Waals surface area contributed by atoms with E-state index in [4.69, 9.17) is 14.2 Å². The van der Waals surface area contributed by atoms with Crippen LogP contribution in [-0.2, 0) is 14.2 Å². The highest BCUT2D eigenvalue weighted by Gasteiger charge is 2.39. The first-order valence-electron chi connectivity index (χ1n) is 23.2. The van der Waals surface area contributed by atoms with Crippen LogP contribution in [0.15, 0.2) is 0 Å². The molecule has 0 aromatic rings. The molecule has 0 amide bonds. The van der Waals surface area contributed by atoms with Crippen molar-refractivity contribution >= 4 is 0 Å². The molecule has 4 heteroatoms. The van der Waals surface area contributed by atoms with Crippen LogP contribution in [0.2, 0.25) is 0 Å². The van der Waals surface area contributed by atoms with E-state index >= 15 is 0 Å². The first-order valence-corrected chi connectivity index (χ1v) is 23.2. The number of nitrogens with zero attached hydrogens (tertiary/aromatic N) is 1. The molecule has 1 atom stereocenters. The topological polar surface area (TPSA) is 30.9 Å². The van der Waals surface area contributed by atoms with Crippen molar-refractivity contribution in [2.45, 2.75) is 247 Å². The summed E-state index contributed by atoms with van der Waals surface area (Å²) in [6.45, 7) is 20.2. The minimum Gasteiger partial charge on any atom is -0.331 e. The molecule has 0 saturated heterocycles. The van der Waals surface area contributed by atoms with Gasteiger partial charge in [-0.15, -0.1) is 0 Å². The van der Waals surface area contributed by atoms with Gasteiger partial charge in [0.25, 0.3) is 5.97 Å². The normalized spacial score (nSPS) is 13.5. The monoisotopic (exact) mass is 724 g/mol. The molecule has 0 rings (SSSR count). The zero-order chi connectivity index (χ0) is 38.1. The van der Waals surface area contributed by atoms with Gasteiger partial charge >= 0.3 is 0 Å². The Labute approximate surface area is 323 Å². The highest BCUT2D eigenvalue weighted by atomic mass is 16.9. The summed E-state index contributed by atoms with van der Waals surface area (Å²) in [6.07, 6.45) is 40.5. The predicted molar refractivity (Wildman–Crippen MR) is 227 cm³/mol. The fourth-order valence-corrected chi connectivity index (χ4v) is 9.09. The Kier molecular flexibility index (Phi) is 33.1. The van der Waals surface area contributed by atoms with E-state index in [2.05, 4.69) is 53.4 Å². The lowest BCUT2D eigenvalue weighted by molar-refractivity contribution is -0.380. The highest BCUT2D eigenvalue weighted by molar-refractivity contribution is 4.76. The van der Waals surface area contributed by atoms with Crippen LogP contribution in [0.5, 0.6) is 0 Å². The molecule has 1 unspecified atom stereocenters. The fraction of sp³-hybridized carbons (Fsp3) is 1.00. The van der Waals surface area contributed by atoms with Gasteiger partial charge in [-0.05, 0) is 69.0 Å². The lowest BCUT2D eigenvalue weighted by Crippen LogP contribution is -2.45. The van der Waals surface area contributed by atoms with E-state index in [0.29, 0.717) is 10.8 Å². The Balaban J connectivity index is 4.93. The molecule has 0 radical (unpaired) electrons. The maximum Gasteiger partial charge on any atom is 0.285 e. The van der Waals surface area contributed by atoms with Gasteiger partial charge in [0.2, 0.25) is 0 Å². The Morgan fingerprint density at radius 3 is 1.06 bits per heavy atom. The van der Waals surface area contributed by atoms with E-state index in [-0.39, 0.29) is 5.92 Å². The number of unbranched alkanes of at least 4 members (excludes halogenated alkanes) is 17. The van der Waals surface area contributed by atoms with E-state index in [0.717, 1.165) is 19.4 Å². The second-order valence-corrected chi connectivity index (χ2v) is 16.7. The van der Waals surface area contributed by atoms with Crippen LogP contribution in [0, 0.1) is 16.7 Å². The van der Waals surface area contributed by atoms with E-state index in [9.17, 15) is 0 Å². The standard InChI is InChI=1S/C47H97NO3/c1-11-18-19-20-27-32-37-44(47(49-8,50-9)51-10)38-43-48(41-35-30-25-21-23-28-33-39-45(12-2,13-3)14-4)42-36-31-26-22-24-29-34-40-46(15-5,16-6)17-7/h44H,11-43H2,1-10H3. The zero-order valence-electron chi connectivity index (χ0n) is 37.1. The molecule has 0 spiro atoms. The summed E-state index contributed by atoms with van der Waals surface area (Å²) in [6, 6.07) is 0. The molecule has 308 valence electrons. The van der Waals surface area contributed by atoms with E-state index in [1.165, 1.54) is 193 Å². The van der Waals surface area contributed by atoms with Crippen LogP contribution in [0.4, 0.5) is 0 Å². The highest BCUT2D eigenvalue weighted by Crippen LogP contribution is 2.37. The van der Waals surface area contributed by atoms with E-state index in [1.807, 2.05) is 0 Å². The van der Waals surface area contributed by atoms with Crippen LogP contribution in [0.3, 0.4) is 0 Å². The molecule has 0 N–H and O–H groups in total. The lowest BCUT2D eigenvalue weighted by atomic mass is 9.75. The second kappa shape index (κ2) is 33.2. The summed E-state index contributed by atoms with van der Waals surface area (Å²) in [5.41, 5.74) is 1.22. The van der Waals surface area contributed by atoms with Crippen molar-refractivity contribution in [3.05, 3.63) is 0 Å². The van der Waals surface area contributed by atoms with Crippen LogP contribution < -0.4 is 0 Å². The maximum atomic E-state index is 5.95. The van der Waals surface area contributed by atoms with Crippen LogP contribution in [0.25, 0.3) is 0 Å². The molecular weight excluding hydrogens is 627 g/mol. The summed E-state index contributed by atoms with van der Waals surface area (Å²) < 4.78 is 17.8. The van der Waals surface area contributed by atoms with Crippen molar-refractivity contribution in [1.82, 2.24) is 4.90 Å². The number of rotatable bonds is 40. The summed E-state index contributed by atoms with van der Waals surface area (Å²) in [5.74, 6) is -0.699. The smallest absolute Gasteiger partial charge is 0.285 e. The Hall–Kier alpha value is -0.160. The molecule has 0 heterocycles. The number of ether oxygens (including phenoxy) is 3. The minimum atomic E-state index is -0.939. The van der Waals surface area contributed by atoms with Crippen molar-refractivity contribution in [3.63, 3.8) is 0 Å². The van der Waals surface area contributed by atoms with Crippen molar-refractivity contribution in [2.24, 2.45) is 16.7 Å². The summed E-state index contributed by atoms with van der Waals surface area (Å²) in [7, 11) is 5.25. The SMILES string of the molecule is CCCCCCCCC(CCN(CCCCCCCCCC(CC)(CC)CC)CCCCCCCCCC(CC)(CC)CC)C(OC)(OC)OC. The van der Waals surface area contributed by atoms with Crippen molar-refractivity contribution < 1.29 is 14.2 Å². The third-order valence-corrected chi connectivity index (χ3v) is 13.9. The van der Waals surface area contributed by atoms with Crippen LogP contribution in [-0.4, -0.2) is 51.8 Å². The minimum absolute atomic E-state index is 0.241. The quantitative estimate of drug-likeness (QED) is 0.0465. The zero-order valence-corrected chi connectivity index (χ0v) is 37.1. The van der Waals surface area contributed by atoms with Gasteiger partial charge in [0.1, 0.15) is 0 Å². The third-order valence-electron chi connectivity index (χ3n) is 13.9. The molecule has 0 fully saturated rings. The van der Waals surface area contributed by atoms with Gasteiger partial charge in [-0.2, -0.15) is 0 Å².